The van der Waals surface area contributed by atoms with Gasteiger partial charge in [-0.2, -0.15) is 13.1 Å². The molecule has 0 radical (unpaired) electrons. The van der Waals surface area contributed by atoms with Crippen LogP contribution in [0.5, 0.6) is 11.5 Å². The van der Waals surface area contributed by atoms with Crippen LogP contribution in [0.1, 0.15) is 53.3 Å². The van der Waals surface area contributed by atoms with Crippen LogP contribution in [0.25, 0.3) is 0 Å². The van der Waals surface area contributed by atoms with Crippen LogP contribution in [0.2, 0.25) is 10.0 Å². The number of hydrogen-bond acceptors (Lipinski definition) is 8. The quantitative estimate of drug-likeness (QED) is 0.186. The highest BCUT2D eigenvalue weighted by molar-refractivity contribution is 7.89. The molecule has 2 atom stereocenters. The lowest BCUT2D eigenvalue weighted by molar-refractivity contribution is -0.155. The molecule has 5 rings (SSSR count). The molecule has 1 saturated carbocycles. The van der Waals surface area contributed by atoms with E-state index >= 15 is 0 Å². The molecule has 0 bridgehead atoms. The molecule has 2 fully saturated rings. The molecule has 10 nitrogen and oxygen atoms in total. The van der Waals surface area contributed by atoms with Crippen molar-refractivity contribution in [2.45, 2.75) is 49.7 Å². The highest BCUT2D eigenvalue weighted by atomic mass is 35.5. The van der Waals surface area contributed by atoms with Crippen LogP contribution in [0.15, 0.2) is 59.8 Å². The third kappa shape index (κ3) is 8.73. The van der Waals surface area contributed by atoms with Crippen molar-refractivity contribution in [2.75, 3.05) is 33.8 Å². The predicted molar refractivity (Wildman–Crippen MR) is 174 cm³/mol. The lowest BCUT2D eigenvalue weighted by Gasteiger charge is -2.32. The molecule has 1 aromatic heterocycles. The Bertz CT molecular complexity index is 1740. The number of sulfonamides is 1. The summed E-state index contributed by atoms with van der Waals surface area (Å²) in [6.45, 7) is -2.73. The number of hydrogen-bond donors (Lipinski definition) is 0. The number of pyridine rings is 1. The molecule has 1 amide bonds. The van der Waals surface area contributed by atoms with E-state index in [0.717, 1.165) is 12.8 Å². The number of piperidine rings is 1. The van der Waals surface area contributed by atoms with E-state index in [2.05, 4.69) is 9.72 Å². The number of benzene rings is 2. The highest BCUT2D eigenvalue weighted by Crippen LogP contribution is 2.38. The van der Waals surface area contributed by atoms with Gasteiger partial charge in [0, 0.05) is 51.6 Å². The van der Waals surface area contributed by atoms with Gasteiger partial charge in [0.15, 0.2) is 11.5 Å². The Morgan fingerprint density at radius 2 is 1.77 bits per heavy atom. The molecule has 258 valence electrons. The van der Waals surface area contributed by atoms with Gasteiger partial charge in [0.1, 0.15) is 6.10 Å². The summed E-state index contributed by atoms with van der Waals surface area (Å²) in [6, 6.07) is 10.1. The van der Waals surface area contributed by atoms with Gasteiger partial charge >= 0.3 is 12.6 Å². The predicted octanol–water partition coefficient (Wildman–Crippen LogP) is 6.41. The molecule has 1 aliphatic carbocycles. The van der Waals surface area contributed by atoms with Crippen LogP contribution >= 0.6 is 23.2 Å². The Labute approximate surface area is 287 Å². The van der Waals surface area contributed by atoms with E-state index in [0.29, 0.717) is 36.5 Å². The largest absolute Gasteiger partial charge is 0.489 e. The maximum Gasteiger partial charge on any atom is 0.387 e. The number of nitrogens with zero attached hydrogens (tertiary/aromatic N) is 3. The van der Waals surface area contributed by atoms with Crippen molar-refractivity contribution in [3.63, 3.8) is 0 Å². The van der Waals surface area contributed by atoms with Crippen molar-refractivity contribution in [3.8, 4) is 11.5 Å². The second kappa shape index (κ2) is 15.4. The lowest BCUT2D eigenvalue weighted by Crippen LogP contribution is -2.43. The third-order valence-electron chi connectivity index (χ3n) is 8.17. The van der Waals surface area contributed by atoms with Gasteiger partial charge in [-0.1, -0.05) is 35.3 Å². The molecule has 1 saturated heterocycles. The van der Waals surface area contributed by atoms with Gasteiger partial charge in [-0.3, -0.25) is 14.6 Å². The standard InChI is InChI=1S/C33H35Cl2F2N3O7S/c1-39(2)31(41)22-5-3-7-24(13-22)48(43,44)40-12-4-6-23(18-40)32(42)46-29(15-25-26(34)16-38-17-27(25)35)21-10-11-28(47-33(36)37)30(14-21)45-19-20-8-9-20/h3,5,7,10-11,13-14,16-17,20,23,29,33H,4,6,8-9,12,15,18-19H2,1-2H3/t23-,29-/m0/s1. The molecule has 48 heavy (non-hydrogen) atoms. The van der Waals surface area contributed by atoms with Crippen molar-refractivity contribution in [1.29, 1.82) is 0 Å². The van der Waals surface area contributed by atoms with Crippen LogP contribution in [0.4, 0.5) is 8.78 Å². The van der Waals surface area contributed by atoms with Gasteiger partial charge < -0.3 is 19.1 Å². The summed E-state index contributed by atoms with van der Waals surface area (Å²) in [7, 11) is -0.916. The summed E-state index contributed by atoms with van der Waals surface area (Å²) in [4.78, 5) is 31.5. The molecule has 0 unspecified atom stereocenters. The number of rotatable bonds is 13. The second-order valence-corrected chi connectivity index (χ2v) is 14.7. The summed E-state index contributed by atoms with van der Waals surface area (Å²) >= 11 is 12.8. The first-order chi connectivity index (χ1) is 22.8. The van der Waals surface area contributed by atoms with E-state index in [1.807, 2.05) is 0 Å². The summed E-state index contributed by atoms with van der Waals surface area (Å²) in [5.41, 5.74) is 1.07. The molecule has 15 heteroatoms. The molecule has 2 aromatic carbocycles. The van der Waals surface area contributed by atoms with Crippen LogP contribution < -0.4 is 9.47 Å². The van der Waals surface area contributed by atoms with E-state index in [1.165, 1.54) is 64.1 Å². The molecule has 1 aliphatic heterocycles. The average Bonchev–Trinajstić information content (AvgIpc) is 3.89. The first kappa shape index (κ1) is 35.8. The van der Waals surface area contributed by atoms with Crippen LogP contribution in [-0.2, 0) is 26.0 Å². The first-order valence-electron chi connectivity index (χ1n) is 15.3. The Morgan fingerprint density at radius 1 is 1.04 bits per heavy atom. The van der Waals surface area contributed by atoms with E-state index < -0.39 is 34.6 Å². The lowest BCUT2D eigenvalue weighted by atomic mass is 9.98. The fourth-order valence-electron chi connectivity index (χ4n) is 5.36. The van der Waals surface area contributed by atoms with Crippen molar-refractivity contribution in [1.82, 2.24) is 14.2 Å². The maximum absolute atomic E-state index is 13.8. The highest BCUT2D eigenvalue weighted by Gasteiger charge is 2.36. The van der Waals surface area contributed by atoms with Crippen molar-refractivity contribution < 1.29 is 41.0 Å². The van der Waals surface area contributed by atoms with Gasteiger partial charge in [-0.15, -0.1) is 0 Å². The van der Waals surface area contributed by atoms with E-state index in [4.69, 9.17) is 32.7 Å². The molecule has 2 aliphatic rings. The van der Waals surface area contributed by atoms with Gasteiger partial charge in [-0.05, 0) is 73.1 Å². The fourth-order valence-corrected chi connectivity index (χ4v) is 7.44. The SMILES string of the molecule is CN(C)C(=O)c1cccc(S(=O)(=O)N2CCC[C@H](C(=O)O[C@@H](Cc3c(Cl)cncc3Cl)c3ccc(OC(F)F)c(OCC4CC4)c3)C2)c1. The van der Waals surface area contributed by atoms with E-state index in [-0.39, 0.29) is 57.4 Å². The number of carbonyl (C=O) groups is 2. The fraction of sp³-hybridized carbons (Fsp3) is 0.424. The Hall–Kier alpha value is -3.52. The molecule has 0 N–H and O–H groups in total. The minimum absolute atomic E-state index is 0.00444. The van der Waals surface area contributed by atoms with Crippen LogP contribution in [0, 0.1) is 11.8 Å². The Balaban J connectivity index is 1.40. The van der Waals surface area contributed by atoms with Crippen LogP contribution in [-0.4, -0.2) is 74.9 Å². The van der Waals surface area contributed by atoms with Crippen molar-refractivity contribution >= 4 is 45.1 Å². The average molecular weight is 727 g/mol. The number of ether oxygens (including phenoxy) is 3. The summed E-state index contributed by atoms with van der Waals surface area (Å²) < 4.78 is 71.5. The molecule has 0 spiro atoms. The molecular formula is C33H35Cl2F2N3O7S. The number of aromatic nitrogens is 1. The van der Waals surface area contributed by atoms with Gasteiger partial charge in [0.25, 0.3) is 5.91 Å². The monoisotopic (exact) mass is 725 g/mol. The number of esters is 1. The van der Waals surface area contributed by atoms with E-state index in [9.17, 15) is 26.8 Å². The smallest absolute Gasteiger partial charge is 0.387 e. The zero-order valence-electron chi connectivity index (χ0n) is 26.3. The second-order valence-electron chi connectivity index (χ2n) is 12.0. The molecule has 3 aromatic rings. The first-order valence-corrected chi connectivity index (χ1v) is 17.5. The van der Waals surface area contributed by atoms with Crippen molar-refractivity contribution in [2.24, 2.45) is 11.8 Å². The normalized spacial score (nSPS) is 17.5. The van der Waals surface area contributed by atoms with Crippen molar-refractivity contribution in [3.05, 3.63) is 81.6 Å². The number of amides is 1. The number of alkyl halides is 2. The maximum atomic E-state index is 13.8. The van der Waals surface area contributed by atoms with Crippen LogP contribution in [0.3, 0.4) is 0 Å². The Kier molecular flexibility index (Phi) is 11.4. The number of halogens is 4. The summed E-state index contributed by atoms with van der Waals surface area (Å²) in [6.07, 6.45) is 4.48. The summed E-state index contributed by atoms with van der Waals surface area (Å²) in [5.74, 6) is -1.61. The van der Waals surface area contributed by atoms with E-state index in [1.54, 1.807) is 14.1 Å². The van der Waals surface area contributed by atoms with Gasteiger partial charge in [-0.25, -0.2) is 8.42 Å². The van der Waals surface area contributed by atoms with Gasteiger partial charge in [0.05, 0.1) is 27.5 Å². The van der Waals surface area contributed by atoms with Gasteiger partial charge in [0.2, 0.25) is 10.0 Å². The minimum atomic E-state index is -4.06. The third-order valence-corrected chi connectivity index (χ3v) is 10.7. The molecular weight excluding hydrogens is 691 g/mol. The number of carbonyl (C=O) groups excluding carboxylic acids is 2. The Morgan fingerprint density at radius 3 is 2.44 bits per heavy atom. The molecule has 2 heterocycles. The zero-order chi connectivity index (χ0) is 34.6. The summed E-state index contributed by atoms with van der Waals surface area (Å²) in [5, 5.41) is 0.465. The topological polar surface area (TPSA) is 115 Å². The minimum Gasteiger partial charge on any atom is -0.489 e. The zero-order valence-corrected chi connectivity index (χ0v) is 28.6.